The first-order valence-electron chi connectivity index (χ1n) is 6.43. The van der Waals surface area contributed by atoms with Gasteiger partial charge in [0.05, 0.1) is 6.04 Å². The zero-order valence-corrected chi connectivity index (χ0v) is 11.8. The zero-order valence-electron chi connectivity index (χ0n) is 11.8. The van der Waals surface area contributed by atoms with Crippen LogP contribution in [0.3, 0.4) is 0 Å². The molecule has 0 aliphatic heterocycles. The molecule has 0 saturated heterocycles. The third-order valence-electron chi connectivity index (χ3n) is 2.81. The first-order valence-corrected chi connectivity index (χ1v) is 6.43. The van der Waals surface area contributed by atoms with Gasteiger partial charge in [-0.1, -0.05) is 18.7 Å². The van der Waals surface area contributed by atoms with Crippen molar-refractivity contribution < 1.29 is 9.18 Å². The first-order chi connectivity index (χ1) is 10.0. The van der Waals surface area contributed by atoms with Crippen LogP contribution >= 0.6 is 0 Å². The lowest BCUT2D eigenvalue weighted by molar-refractivity contribution is -0.103. The Hall–Kier alpha value is -2.63. The van der Waals surface area contributed by atoms with Crippen LogP contribution in [0.5, 0.6) is 0 Å². The van der Waals surface area contributed by atoms with E-state index in [0.29, 0.717) is 28.8 Å². The molecule has 0 aliphatic rings. The third-order valence-corrected chi connectivity index (χ3v) is 2.81. The smallest absolute Gasteiger partial charge is 0.204 e. The monoisotopic (exact) mass is 286 g/mol. The average Bonchev–Trinajstić information content (AvgIpc) is 2.96. The summed E-state index contributed by atoms with van der Waals surface area (Å²) in [6, 6.07) is 5.74. The molecular formula is C15H15FN4O. The van der Waals surface area contributed by atoms with Gasteiger partial charge >= 0.3 is 0 Å². The maximum Gasteiger partial charge on any atom is 0.204 e. The van der Waals surface area contributed by atoms with Crippen molar-refractivity contribution in [2.75, 3.05) is 0 Å². The minimum Gasteiger partial charge on any atom is -0.298 e. The van der Waals surface area contributed by atoms with Gasteiger partial charge in [-0.2, -0.15) is 4.80 Å². The molecule has 21 heavy (non-hydrogen) atoms. The quantitative estimate of drug-likeness (QED) is 0.481. The fourth-order valence-corrected chi connectivity index (χ4v) is 1.65. The highest BCUT2D eigenvalue weighted by molar-refractivity contribution is 6.09. The summed E-state index contributed by atoms with van der Waals surface area (Å²) in [4.78, 5) is 12.7. The van der Waals surface area contributed by atoms with Gasteiger partial charge in [0, 0.05) is 11.1 Å². The van der Waals surface area contributed by atoms with Gasteiger partial charge < -0.3 is 0 Å². The van der Waals surface area contributed by atoms with Crippen molar-refractivity contribution in [2.24, 2.45) is 0 Å². The summed E-state index contributed by atoms with van der Waals surface area (Å²) in [6.07, 6.45) is 2.24. The summed E-state index contributed by atoms with van der Waals surface area (Å²) in [5.41, 5.74) is 1.44. The van der Waals surface area contributed by atoms with Gasteiger partial charge in [0.25, 0.3) is 0 Å². The van der Waals surface area contributed by atoms with Crippen LogP contribution < -0.4 is 0 Å². The molecule has 5 nitrogen and oxygen atoms in total. The molecule has 0 fully saturated rings. The van der Waals surface area contributed by atoms with Gasteiger partial charge in [-0.05, 0) is 42.8 Å². The molecule has 6 heteroatoms. The highest BCUT2D eigenvalue weighted by Crippen LogP contribution is 2.18. The standard InChI is InChI=1S/C15H15FN4O/c1-10(2)20-18-15(17-19-20)11(3)8-13(9-21)12-4-6-14(16)7-5-12/h4-10H,3H2,1-2H3. The molecule has 0 N–H and O–H groups in total. The van der Waals surface area contributed by atoms with Gasteiger partial charge in [0.15, 0.2) is 6.29 Å². The summed E-state index contributed by atoms with van der Waals surface area (Å²) >= 11 is 0. The molecule has 0 radical (unpaired) electrons. The minimum atomic E-state index is -0.357. The number of rotatable bonds is 5. The number of hydrogen-bond donors (Lipinski definition) is 0. The second-order valence-corrected chi connectivity index (χ2v) is 4.78. The number of nitrogens with zero attached hydrogens (tertiary/aromatic N) is 4. The van der Waals surface area contributed by atoms with Crippen LogP contribution in [0.25, 0.3) is 11.1 Å². The van der Waals surface area contributed by atoms with Crippen LogP contribution in [0.4, 0.5) is 4.39 Å². The average molecular weight is 286 g/mol. The van der Waals surface area contributed by atoms with E-state index >= 15 is 0 Å². The Bertz CT molecular complexity index is 686. The van der Waals surface area contributed by atoms with E-state index < -0.39 is 0 Å². The zero-order chi connectivity index (χ0) is 15.4. The van der Waals surface area contributed by atoms with E-state index in [9.17, 15) is 9.18 Å². The lowest BCUT2D eigenvalue weighted by Crippen LogP contribution is -2.04. The van der Waals surface area contributed by atoms with Gasteiger partial charge in [-0.3, -0.25) is 4.79 Å². The summed E-state index contributed by atoms with van der Waals surface area (Å²) in [6.45, 7) is 7.70. The highest BCUT2D eigenvalue weighted by Gasteiger charge is 2.09. The third kappa shape index (κ3) is 3.47. The molecule has 0 amide bonds. The van der Waals surface area contributed by atoms with Crippen LogP contribution in [0.2, 0.25) is 0 Å². The van der Waals surface area contributed by atoms with Crippen LogP contribution in [0.1, 0.15) is 31.3 Å². The molecule has 2 rings (SSSR count). The summed E-state index contributed by atoms with van der Waals surface area (Å²) < 4.78 is 12.9. The van der Waals surface area contributed by atoms with E-state index in [2.05, 4.69) is 22.0 Å². The van der Waals surface area contributed by atoms with Gasteiger partial charge in [0.2, 0.25) is 5.82 Å². The Morgan fingerprint density at radius 3 is 2.52 bits per heavy atom. The van der Waals surface area contributed by atoms with Crippen molar-refractivity contribution in [3.05, 3.63) is 54.1 Å². The largest absolute Gasteiger partial charge is 0.298 e. The van der Waals surface area contributed by atoms with Crippen LogP contribution in [0, 0.1) is 5.82 Å². The number of hydrogen-bond acceptors (Lipinski definition) is 4. The number of aldehydes is 1. The molecule has 0 saturated carbocycles. The van der Waals surface area contributed by atoms with Crippen LogP contribution in [0.15, 0.2) is 36.9 Å². The Kier molecular flexibility index (Phi) is 4.37. The molecule has 1 heterocycles. The lowest BCUT2D eigenvalue weighted by atomic mass is 10.0. The number of allylic oxidation sites excluding steroid dienone is 3. The van der Waals surface area contributed by atoms with Gasteiger partial charge in [-0.25, -0.2) is 4.39 Å². The number of halogens is 1. The van der Waals surface area contributed by atoms with Crippen LogP contribution in [-0.2, 0) is 4.79 Å². The van der Waals surface area contributed by atoms with E-state index in [1.807, 2.05) is 13.8 Å². The Balaban J connectivity index is 2.28. The fourth-order valence-electron chi connectivity index (χ4n) is 1.65. The summed E-state index contributed by atoms with van der Waals surface area (Å²) in [5.74, 6) is -0.00506. The van der Waals surface area contributed by atoms with Gasteiger partial charge in [0.1, 0.15) is 5.82 Å². The van der Waals surface area contributed by atoms with E-state index in [1.165, 1.54) is 29.1 Å². The first kappa shape index (κ1) is 14.8. The number of benzene rings is 1. The molecule has 1 aromatic carbocycles. The number of aromatic nitrogens is 4. The van der Waals surface area contributed by atoms with Crippen LogP contribution in [-0.4, -0.2) is 26.5 Å². The predicted molar refractivity (Wildman–Crippen MR) is 77.7 cm³/mol. The lowest BCUT2D eigenvalue weighted by Gasteiger charge is -2.01. The van der Waals surface area contributed by atoms with E-state index in [-0.39, 0.29) is 11.9 Å². The topological polar surface area (TPSA) is 60.7 Å². The van der Waals surface area contributed by atoms with Crippen molar-refractivity contribution in [3.8, 4) is 0 Å². The molecule has 108 valence electrons. The SMILES string of the molecule is C=C(C=C(C=O)c1ccc(F)cc1)c1nnn(C(C)C)n1. The fraction of sp³-hybridized carbons (Fsp3) is 0.200. The molecule has 0 bridgehead atoms. The van der Waals surface area contributed by atoms with E-state index in [0.717, 1.165) is 0 Å². The van der Waals surface area contributed by atoms with Crippen molar-refractivity contribution in [1.82, 2.24) is 20.2 Å². The van der Waals surface area contributed by atoms with Gasteiger partial charge in [-0.15, -0.1) is 10.2 Å². The Labute approximate surface area is 121 Å². The Morgan fingerprint density at radius 2 is 2.00 bits per heavy atom. The summed E-state index contributed by atoms with van der Waals surface area (Å²) in [5, 5.41) is 12.0. The maximum absolute atomic E-state index is 12.9. The molecule has 0 unspecified atom stereocenters. The van der Waals surface area contributed by atoms with Crippen molar-refractivity contribution in [1.29, 1.82) is 0 Å². The molecule has 0 spiro atoms. The van der Waals surface area contributed by atoms with E-state index in [4.69, 9.17) is 0 Å². The number of carbonyl (C=O) groups excluding carboxylic acids is 1. The predicted octanol–water partition coefficient (Wildman–Crippen LogP) is 2.69. The summed E-state index contributed by atoms with van der Waals surface area (Å²) in [7, 11) is 0. The minimum absolute atomic E-state index is 0.0886. The number of carbonyl (C=O) groups is 1. The van der Waals surface area contributed by atoms with Crippen molar-refractivity contribution >= 4 is 17.4 Å². The van der Waals surface area contributed by atoms with E-state index in [1.54, 1.807) is 6.08 Å². The second-order valence-electron chi connectivity index (χ2n) is 4.78. The Morgan fingerprint density at radius 1 is 1.33 bits per heavy atom. The highest BCUT2D eigenvalue weighted by atomic mass is 19.1. The van der Waals surface area contributed by atoms with Crippen molar-refractivity contribution in [3.63, 3.8) is 0 Å². The molecule has 0 atom stereocenters. The number of tetrazole rings is 1. The molecule has 1 aromatic heterocycles. The molecular weight excluding hydrogens is 271 g/mol. The molecule has 2 aromatic rings. The van der Waals surface area contributed by atoms with Crippen molar-refractivity contribution in [2.45, 2.75) is 19.9 Å². The molecule has 0 aliphatic carbocycles. The second kappa shape index (κ2) is 6.21. The maximum atomic E-state index is 12.9. The normalized spacial score (nSPS) is 11.7.